The molecule has 7 nitrogen and oxygen atoms in total. The number of nitrogens with one attached hydrogen (secondary N) is 1. The van der Waals surface area contributed by atoms with Gasteiger partial charge in [-0.05, 0) is 30.5 Å². The molecular formula is C24H21N3O4S3. The third-order valence-electron chi connectivity index (χ3n) is 5.22. The van der Waals surface area contributed by atoms with Crippen LogP contribution in [0.5, 0.6) is 11.5 Å². The van der Waals surface area contributed by atoms with Crippen LogP contribution in [0.1, 0.15) is 6.92 Å². The molecular weight excluding hydrogens is 490 g/mol. The predicted octanol–water partition coefficient (Wildman–Crippen LogP) is 5.26. The minimum atomic E-state index is -0.495. The summed E-state index contributed by atoms with van der Waals surface area (Å²) in [6.45, 7) is 6.87. The maximum Gasteiger partial charge on any atom is 0.263 e. The second-order valence-corrected chi connectivity index (χ2v) is 10.6. The number of benzene rings is 1. The number of anilines is 1. The zero-order chi connectivity index (χ0) is 23.7. The molecule has 0 saturated carbocycles. The molecule has 4 aromatic rings. The van der Waals surface area contributed by atoms with Crippen LogP contribution in [-0.2, 0) is 11.3 Å². The first-order chi connectivity index (χ1) is 16.5. The van der Waals surface area contributed by atoms with Crippen molar-refractivity contribution < 1.29 is 14.3 Å². The van der Waals surface area contributed by atoms with E-state index in [9.17, 15) is 9.59 Å². The Bertz CT molecular complexity index is 1430. The van der Waals surface area contributed by atoms with Crippen molar-refractivity contribution in [2.24, 2.45) is 0 Å². The van der Waals surface area contributed by atoms with E-state index in [1.807, 2.05) is 22.9 Å². The molecule has 1 amide bonds. The Morgan fingerprint density at radius 2 is 2.12 bits per heavy atom. The number of carbonyl (C=O) groups excluding carboxylic acids is 1. The number of hydrogen-bond acceptors (Lipinski definition) is 8. The van der Waals surface area contributed by atoms with E-state index in [4.69, 9.17) is 14.5 Å². The van der Waals surface area contributed by atoms with Crippen LogP contribution in [0, 0.1) is 0 Å². The minimum absolute atomic E-state index is 0.128. The molecule has 34 heavy (non-hydrogen) atoms. The van der Waals surface area contributed by atoms with E-state index in [0.717, 1.165) is 10.4 Å². The smallest absolute Gasteiger partial charge is 0.263 e. The van der Waals surface area contributed by atoms with Crippen LogP contribution in [0.25, 0.3) is 20.7 Å². The number of carbonyl (C=O) groups is 1. The second kappa shape index (κ2) is 9.65. The highest BCUT2D eigenvalue weighted by Gasteiger charge is 2.22. The molecule has 1 aliphatic heterocycles. The molecule has 1 unspecified atom stereocenters. The summed E-state index contributed by atoms with van der Waals surface area (Å²) in [5, 5.41) is 7.46. The SMILES string of the molecule is C=CCn1c(SC(C)C(=O)Nc2ccc3c(c2)OCCO3)nc2scc(-c3cccs3)c2c1=O. The zero-order valence-corrected chi connectivity index (χ0v) is 20.7. The predicted molar refractivity (Wildman–Crippen MR) is 139 cm³/mol. The van der Waals surface area contributed by atoms with Gasteiger partial charge in [0.15, 0.2) is 16.7 Å². The number of nitrogens with zero attached hydrogens (tertiary/aromatic N) is 2. The minimum Gasteiger partial charge on any atom is -0.486 e. The Morgan fingerprint density at radius 1 is 1.29 bits per heavy atom. The highest BCUT2D eigenvalue weighted by atomic mass is 32.2. The quantitative estimate of drug-likeness (QED) is 0.207. The number of fused-ring (bicyclic) bond motifs is 2. The summed E-state index contributed by atoms with van der Waals surface area (Å²) < 4.78 is 12.7. The van der Waals surface area contributed by atoms with E-state index in [0.29, 0.717) is 52.3 Å². The van der Waals surface area contributed by atoms with E-state index < -0.39 is 5.25 Å². The van der Waals surface area contributed by atoms with E-state index >= 15 is 0 Å². The molecule has 0 bridgehead atoms. The molecule has 1 aromatic carbocycles. The Kier molecular flexibility index (Phi) is 6.44. The van der Waals surface area contributed by atoms with Gasteiger partial charge < -0.3 is 14.8 Å². The zero-order valence-electron chi connectivity index (χ0n) is 18.3. The fourth-order valence-corrected chi connectivity index (χ4v) is 6.30. The topological polar surface area (TPSA) is 82.5 Å². The van der Waals surface area contributed by atoms with Crippen molar-refractivity contribution in [2.75, 3.05) is 18.5 Å². The number of thiophene rings is 2. The lowest BCUT2D eigenvalue weighted by atomic mass is 10.2. The summed E-state index contributed by atoms with van der Waals surface area (Å²) in [4.78, 5) is 32.8. The molecule has 0 saturated heterocycles. The molecule has 0 fully saturated rings. The summed E-state index contributed by atoms with van der Waals surface area (Å²) in [5.74, 6) is 1.07. The molecule has 174 valence electrons. The first-order valence-electron chi connectivity index (χ1n) is 10.6. The van der Waals surface area contributed by atoms with Gasteiger partial charge >= 0.3 is 0 Å². The van der Waals surface area contributed by atoms with Crippen molar-refractivity contribution >= 4 is 56.2 Å². The third kappa shape index (κ3) is 4.36. The van der Waals surface area contributed by atoms with Gasteiger partial charge in [0.1, 0.15) is 18.0 Å². The summed E-state index contributed by atoms with van der Waals surface area (Å²) >= 11 is 4.27. The van der Waals surface area contributed by atoms with E-state index in [-0.39, 0.29) is 11.5 Å². The number of ether oxygens (including phenoxy) is 2. The van der Waals surface area contributed by atoms with E-state index in [2.05, 4.69) is 11.9 Å². The van der Waals surface area contributed by atoms with E-state index in [1.165, 1.54) is 23.1 Å². The molecule has 1 aliphatic rings. The first-order valence-corrected chi connectivity index (χ1v) is 13.2. The lowest BCUT2D eigenvalue weighted by Crippen LogP contribution is -2.26. The van der Waals surface area contributed by atoms with Crippen LogP contribution in [0.2, 0.25) is 0 Å². The number of thioether (sulfide) groups is 1. The summed E-state index contributed by atoms with van der Waals surface area (Å²) in [7, 11) is 0. The number of allylic oxidation sites excluding steroid dienone is 1. The number of hydrogen-bond donors (Lipinski definition) is 1. The molecule has 0 spiro atoms. The number of aromatic nitrogens is 2. The Balaban J connectivity index is 1.41. The summed E-state index contributed by atoms with van der Waals surface area (Å²) in [6, 6.07) is 9.26. The monoisotopic (exact) mass is 511 g/mol. The summed E-state index contributed by atoms with van der Waals surface area (Å²) in [5.41, 5.74) is 1.38. The molecule has 0 radical (unpaired) electrons. The van der Waals surface area contributed by atoms with Crippen LogP contribution in [0.4, 0.5) is 5.69 Å². The fraction of sp³-hybridized carbons (Fsp3) is 0.208. The van der Waals surface area contributed by atoms with Crippen LogP contribution in [-0.4, -0.2) is 33.9 Å². The standard InChI is InChI=1S/C24H21N3O4S3/c1-3-8-27-23(29)20-16(19-5-4-11-32-19)13-33-22(20)26-24(27)34-14(2)21(28)25-15-6-7-17-18(12-15)31-10-9-30-17/h3-7,11-14H,1,8-10H2,2H3,(H,25,28). The molecule has 1 atom stereocenters. The second-order valence-electron chi connectivity index (χ2n) is 7.51. The van der Waals surface area contributed by atoms with Crippen molar-refractivity contribution in [2.45, 2.75) is 23.9 Å². The largest absolute Gasteiger partial charge is 0.486 e. The van der Waals surface area contributed by atoms with Crippen molar-refractivity contribution in [3.05, 3.63) is 64.1 Å². The lowest BCUT2D eigenvalue weighted by Gasteiger charge is -2.19. The normalized spacial score (nSPS) is 13.6. The van der Waals surface area contributed by atoms with Crippen LogP contribution in [0.3, 0.4) is 0 Å². The van der Waals surface area contributed by atoms with Gasteiger partial charge in [0.25, 0.3) is 5.56 Å². The molecule has 1 N–H and O–H groups in total. The van der Waals surface area contributed by atoms with Gasteiger partial charge in [-0.15, -0.1) is 29.3 Å². The lowest BCUT2D eigenvalue weighted by molar-refractivity contribution is -0.115. The third-order valence-corrected chi connectivity index (χ3v) is 8.08. The van der Waals surface area contributed by atoms with Crippen LogP contribution < -0.4 is 20.3 Å². The fourth-order valence-electron chi connectivity index (χ4n) is 3.58. The molecule has 10 heteroatoms. The van der Waals surface area contributed by atoms with Gasteiger partial charge in [-0.1, -0.05) is 23.9 Å². The average molecular weight is 512 g/mol. The average Bonchev–Trinajstić information content (AvgIpc) is 3.51. The highest BCUT2D eigenvalue weighted by Crippen LogP contribution is 2.36. The maximum atomic E-state index is 13.4. The van der Waals surface area contributed by atoms with Crippen molar-refractivity contribution in [1.82, 2.24) is 9.55 Å². The van der Waals surface area contributed by atoms with Crippen molar-refractivity contribution in [3.63, 3.8) is 0 Å². The van der Waals surface area contributed by atoms with Crippen LogP contribution >= 0.6 is 34.4 Å². The molecule has 3 aromatic heterocycles. The maximum absolute atomic E-state index is 13.4. The van der Waals surface area contributed by atoms with E-state index in [1.54, 1.807) is 47.1 Å². The van der Waals surface area contributed by atoms with Gasteiger partial charge in [0.2, 0.25) is 5.91 Å². The summed E-state index contributed by atoms with van der Waals surface area (Å²) in [6.07, 6.45) is 1.66. The van der Waals surface area contributed by atoms with Crippen molar-refractivity contribution in [3.8, 4) is 21.9 Å². The Morgan fingerprint density at radius 3 is 2.88 bits per heavy atom. The Labute approximate surface area is 208 Å². The van der Waals surface area contributed by atoms with Gasteiger partial charge in [0.05, 0.1) is 10.6 Å². The van der Waals surface area contributed by atoms with Gasteiger partial charge in [0, 0.05) is 34.1 Å². The van der Waals surface area contributed by atoms with Crippen molar-refractivity contribution in [1.29, 1.82) is 0 Å². The van der Waals surface area contributed by atoms with Gasteiger partial charge in [-0.3, -0.25) is 14.2 Å². The van der Waals surface area contributed by atoms with Gasteiger partial charge in [-0.2, -0.15) is 0 Å². The molecule has 5 rings (SSSR count). The van der Waals surface area contributed by atoms with Gasteiger partial charge in [-0.25, -0.2) is 4.98 Å². The highest BCUT2D eigenvalue weighted by molar-refractivity contribution is 8.00. The van der Waals surface area contributed by atoms with Crippen LogP contribution in [0.15, 0.2) is 63.7 Å². The Hall–Kier alpha value is -3.08. The number of rotatable bonds is 7. The first kappa shape index (κ1) is 22.7. The molecule has 0 aliphatic carbocycles. The number of amides is 1. The molecule has 4 heterocycles.